The first-order valence-electron chi connectivity index (χ1n) is 12.0. The molecule has 5 atom stereocenters. The van der Waals surface area contributed by atoms with Crippen molar-refractivity contribution in [1.82, 2.24) is 10.6 Å². The highest BCUT2D eigenvalue weighted by Crippen LogP contribution is 2.52. The van der Waals surface area contributed by atoms with E-state index in [4.69, 9.17) is 28.3 Å². The van der Waals surface area contributed by atoms with Crippen LogP contribution in [-0.2, 0) is 10.2 Å². The van der Waals surface area contributed by atoms with Gasteiger partial charge in [0.25, 0.3) is 0 Å². The van der Waals surface area contributed by atoms with Gasteiger partial charge in [0.1, 0.15) is 17.0 Å². The van der Waals surface area contributed by atoms with E-state index in [0.29, 0.717) is 6.42 Å². The highest BCUT2D eigenvalue weighted by molar-refractivity contribution is 6.31. The zero-order chi connectivity index (χ0) is 27.5. The van der Waals surface area contributed by atoms with E-state index in [2.05, 4.69) is 16.7 Å². The maximum Gasteiger partial charge on any atom is 0.237 e. The van der Waals surface area contributed by atoms with Crippen LogP contribution in [0.2, 0.25) is 10.0 Å². The van der Waals surface area contributed by atoms with Crippen LogP contribution < -0.4 is 10.6 Å². The monoisotopic (exact) mass is 553 g/mol. The number of amides is 1. The second-order valence-corrected chi connectivity index (χ2v) is 11.4. The van der Waals surface area contributed by atoms with Gasteiger partial charge < -0.3 is 20.8 Å². The topological polar surface area (TPSA) is 105 Å². The van der Waals surface area contributed by atoms with Crippen molar-refractivity contribution in [3.8, 4) is 6.07 Å². The number of rotatable bonds is 8. The molecule has 0 radical (unpaired) electrons. The van der Waals surface area contributed by atoms with Gasteiger partial charge in [-0.2, -0.15) is 5.26 Å². The lowest BCUT2D eigenvalue weighted by Gasteiger charge is -2.37. The average Bonchev–Trinajstić information content (AvgIpc) is 3.13. The van der Waals surface area contributed by atoms with Crippen molar-refractivity contribution in [1.29, 1.82) is 5.26 Å². The number of aliphatic hydroxyl groups excluding tert-OH is 2. The molecular formula is C27H31Cl2F2N3O3. The standard InChI is InChI=1S/C27H31Cl2F2N3O3/c1-26(2,3)12-21-27(14-32,18-8-7-15(28)11-20(18)30)22(17-5-4-6-19(29)23(17)31)24(34-21)25(37)33-10-9-16(36)13-35/h4-8,11,16,21-22,24,34-36H,9-10,12-13H2,1-3H3,(H,33,37)/t16-,21+,22+,24-,27+/m1/s1. The summed E-state index contributed by atoms with van der Waals surface area (Å²) in [7, 11) is 0. The molecule has 1 aliphatic rings. The Balaban J connectivity index is 2.24. The van der Waals surface area contributed by atoms with Gasteiger partial charge >= 0.3 is 0 Å². The summed E-state index contributed by atoms with van der Waals surface area (Å²) in [5.74, 6) is -3.26. The Labute approximate surface area is 225 Å². The van der Waals surface area contributed by atoms with Gasteiger partial charge in [0.05, 0.1) is 29.8 Å². The number of hydrogen-bond acceptors (Lipinski definition) is 5. The predicted molar refractivity (Wildman–Crippen MR) is 138 cm³/mol. The van der Waals surface area contributed by atoms with Gasteiger partial charge in [0.2, 0.25) is 5.91 Å². The van der Waals surface area contributed by atoms with E-state index in [9.17, 15) is 15.2 Å². The molecule has 0 aromatic heterocycles. The fourth-order valence-electron chi connectivity index (χ4n) is 5.12. The van der Waals surface area contributed by atoms with Crippen LogP contribution in [0.3, 0.4) is 0 Å². The zero-order valence-electron chi connectivity index (χ0n) is 20.9. The van der Waals surface area contributed by atoms with E-state index < -0.39 is 53.7 Å². The Morgan fingerprint density at radius 2 is 1.97 bits per heavy atom. The minimum atomic E-state index is -1.71. The summed E-state index contributed by atoms with van der Waals surface area (Å²) in [5, 5.41) is 35.3. The fraction of sp³-hybridized carbons (Fsp3) is 0.481. The van der Waals surface area contributed by atoms with Crippen molar-refractivity contribution < 1.29 is 23.8 Å². The molecule has 200 valence electrons. The van der Waals surface area contributed by atoms with Gasteiger partial charge in [-0.1, -0.05) is 62.2 Å². The Morgan fingerprint density at radius 1 is 1.27 bits per heavy atom. The summed E-state index contributed by atoms with van der Waals surface area (Å²) in [6.45, 7) is 5.42. The van der Waals surface area contributed by atoms with Crippen LogP contribution in [0.4, 0.5) is 8.78 Å². The largest absolute Gasteiger partial charge is 0.394 e. The molecule has 2 aromatic rings. The molecule has 0 saturated carbocycles. The average molecular weight is 554 g/mol. The van der Waals surface area contributed by atoms with Gasteiger partial charge in [-0.25, -0.2) is 8.78 Å². The molecule has 10 heteroatoms. The number of halogens is 4. The second kappa shape index (κ2) is 11.6. The van der Waals surface area contributed by atoms with E-state index in [1.165, 1.54) is 30.3 Å². The molecule has 0 aliphatic carbocycles. The quantitative estimate of drug-likeness (QED) is 0.386. The molecule has 6 nitrogen and oxygen atoms in total. The number of nitrogens with zero attached hydrogens (tertiary/aromatic N) is 1. The first kappa shape index (κ1) is 29.3. The number of carbonyl (C=O) groups excluding carboxylic acids is 1. The molecule has 0 unspecified atom stereocenters. The SMILES string of the molecule is CC(C)(C)C[C@@H]1N[C@@H](C(=O)NCC[C@@H](O)CO)[C@H](c2cccc(Cl)c2F)[C@@]1(C#N)c1ccc(Cl)cc1F. The van der Waals surface area contributed by atoms with Crippen LogP contribution in [0.25, 0.3) is 0 Å². The number of aliphatic hydroxyl groups is 2. The summed E-state index contributed by atoms with van der Waals surface area (Å²) in [6.07, 6.45) is -0.576. The molecule has 0 bridgehead atoms. The van der Waals surface area contributed by atoms with E-state index >= 15 is 8.78 Å². The van der Waals surface area contributed by atoms with Gasteiger partial charge in [-0.15, -0.1) is 0 Å². The number of nitriles is 1. The van der Waals surface area contributed by atoms with Gasteiger partial charge in [0, 0.05) is 29.1 Å². The zero-order valence-corrected chi connectivity index (χ0v) is 22.4. The summed E-state index contributed by atoms with van der Waals surface area (Å²) in [4.78, 5) is 13.5. The summed E-state index contributed by atoms with van der Waals surface area (Å²) < 4.78 is 31.1. The maximum absolute atomic E-state index is 15.5. The fourth-order valence-corrected chi connectivity index (χ4v) is 5.46. The van der Waals surface area contributed by atoms with Crippen molar-refractivity contribution in [3.05, 3.63) is 69.2 Å². The molecule has 3 rings (SSSR count). The van der Waals surface area contributed by atoms with Gasteiger partial charge in [-0.05, 0) is 42.0 Å². The van der Waals surface area contributed by atoms with Crippen LogP contribution in [-0.4, -0.2) is 47.5 Å². The van der Waals surface area contributed by atoms with Crippen LogP contribution in [0.5, 0.6) is 0 Å². The molecule has 1 heterocycles. The first-order valence-corrected chi connectivity index (χ1v) is 12.7. The van der Waals surface area contributed by atoms with E-state index in [1.807, 2.05) is 20.8 Å². The summed E-state index contributed by atoms with van der Waals surface area (Å²) >= 11 is 12.1. The van der Waals surface area contributed by atoms with Crippen LogP contribution >= 0.6 is 23.2 Å². The molecule has 1 amide bonds. The van der Waals surface area contributed by atoms with Crippen molar-refractivity contribution >= 4 is 29.1 Å². The Hall–Kier alpha value is -2.28. The Bertz CT molecular complexity index is 1180. The third-order valence-electron chi connectivity index (χ3n) is 6.72. The Kier molecular flexibility index (Phi) is 9.20. The molecule has 1 saturated heterocycles. The minimum absolute atomic E-state index is 0.00264. The highest BCUT2D eigenvalue weighted by atomic mass is 35.5. The number of nitrogens with one attached hydrogen (secondary N) is 2. The van der Waals surface area contributed by atoms with Gasteiger partial charge in [0.15, 0.2) is 0 Å². The molecule has 0 spiro atoms. The van der Waals surface area contributed by atoms with E-state index in [-0.39, 0.29) is 39.6 Å². The molecular weight excluding hydrogens is 523 g/mol. The number of hydrogen-bond donors (Lipinski definition) is 4. The summed E-state index contributed by atoms with van der Waals surface area (Å²) in [5.41, 5.74) is -2.06. The number of benzene rings is 2. The first-order chi connectivity index (χ1) is 17.4. The molecule has 1 fully saturated rings. The van der Waals surface area contributed by atoms with Crippen molar-refractivity contribution in [2.24, 2.45) is 5.41 Å². The highest BCUT2D eigenvalue weighted by Gasteiger charge is 2.61. The van der Waals surface area contributed by atoms with Crippen LogP contribution in [0.15, 0.2) is 36.4 Å². The van der Waals surface area contributed by atoms with Gasteiger partial charge in [-0.3, -0.25) is 4.79 Å². The predicted octanol–water partition coefficient (Wildman–Crippen LogP) is 4.45. The third-order valence-corrected chi connectivity index (χ3v) is 7.25. The second-order valence-electron chi connectivity index (χ2n) is 10.6. The minimum Gasteiger partial charge on any atom is -0.394 e. The lowest BCUT2D eigenvalue weighted by molar-refractivity contribution is -0.123. The maximum atomic E-state index is 15.5. The van der Waals surface area contributed by atoms with E-state index in [1.54, 1.807) is 0 Å². The molecule has 37 heavy (non-hydrogen) atoms. The van der Waals surface area contributed by atoms with Crippen LogP contribution in [0.1, 0.15) is 50.7 Å². The van der Waals surface area contributed by atoms with E-state index in [0.717, 1.165) is 6.07 Å². The third kappa shape index (κ3) is 6.08. The van der Waals surface area contributed by atoms with Crippen LogP contribution in [0, 0.1) is 28.4 Å². The molecule has 1 aliphatic heterocycles. The van der Waals surface area contributed by atoms with Crippen molar-refractivity contribution in [2.45, 2.75) is 63.1 Å². The molecule has 2 aromatic carbocycles. The number of carbonyl (C=O) groups is 1. The molecule has 4 N–H and O–H groups in total. The Morgan fingerprint density at radius 3 is 2.57 bits per heavy atom. The van der Waals surface area contributed by atoms with Crippen molar-refractivity contribution in [3.63, 3.8) is 0 Å². The smallest absolute Gasteiger partial charge is 0.237 e. The normalized spacial score (nSPS) is 24.5. The lowest BCUT2D eigenvalue weighted by Crippen LogP contribution is -2.46. The summed E-state index contributed by atoms with van der Waals surface area (Å²) in [6, 6.07) is 8.68. The lowest BCUT2D eigenvalue weighted by atomic mass is 9.62. The van der Waals surface area contributed by atoms with Crippen molar-refractivity contribution in [2.75, 3.05) is 13.2 Å².